The van der Waals surface area contributed by atoms with Crippen molar-refractivity contribution < 1.29 is 14.0 Å². The van der Waals surface area contributed by atoms with Gasteiger partial charge in [0.2, 0.25) is 0 Å². The van der Waals surface area contributed by atoms with Gasteiger partial charge in [0.05, 0.1) is 5.71 Å². The van der Waals surface area contributed by atoms with Crippen LogP contribution in [0.4, 0.5) is 14.5 Å². The Hall–Kier alpha value is -1.65. The highest BCUT2D eigenvalue weighted by Gasteiger charge is 2.34. The Labute approximate surface area is 97.3 Å². The number of oxime groups is 1. The van der Waals surface area contributed by atoms with Crippen LogP contribution in [0.25, 0.3) is 0 Å². The third-order valence-electron chi connectivity index (χ3n) is 3.36. The fourth-order valence-corrected chi connectivity index (χ4v) is 2.36. The van der Waals surface area contributed by atoms with E-state index in [1.807, 2.05) is 0 Å². The molecule has 90 valence electrons. The van der Waals surface area contributed by atoms with Crippen molar-refractivity contribution in [1.29, 1.82) is 0 Å². The van der Waals surface area contributed by atoms with Crippen LogP contribution in [0.2, 0.25) is 0 Å². The van der Waals surface area contributed by atoms with Gasteiger partial charge in [-0.3, -0.25) is 0 Å². The second kappa shape index (κ2) is 3.68. The molecule has 0 saturated heterocycles. The number of rotatable bonds is 1. The first-order valence-electron chi connectivity index (χ1n) is 5.67. The number of fused-ring (bicyclic) bond motifs is 1. The van der Waals surface area contributed by atoms with Crippen LogP contribution in [0.15, 0.2) is 17.3 Å². The van der Waals surface area contributed by atoms with E-state index in [4.69, 9.17) is 5.21 Å². The van der Waals surface area contributed by atoms with E-state index in [1.165, 1.54) is 6.07 Å². The first kappa shape index (κ1) is 10.5. The normalized spacial score (nSPS) is 21.8. The quantitative estimate of drug-likeness (QED) is 0.602. The smallest absolute Gasteiger partial charge is 0.160 e. The highest BCUT2D eigenvalue weighted by atomic mass is 19.2. The topological polar surface area (TPSA) is 35.8 Å². The van der Waals surface area contributed by atoms with Crippen LogP contribution >= 0.6 is 0 Å². The van der Waals surface area contributed by atoms with E-state index in [0.717, 1.165) is 18.9 Å². The summed E-state index contributed by atoms with van der Waals surface area (Å²) in [5, 5.41) is 12.1. The Morgan fingerprint density at radius 1 is 1.24 bits per heavy atom. The van der Waals surface area contributed by atoms with Gasteiger partial charge < -0.3 is 10.1 Å². The minimum absolute atomic E-state index is 0.427. The molecule has 2 aliphatic rings. The molecule has 3 nitrogen and oxygen atoms in total. The second-order valence-electron chi connectivity index (χ2n) is 4.50. The van der Waals surface area contributed by atoms with Crippen molar-refractivity contribution in [1.82, 2.24) is 0 Å². The SMILES string of the molecule is ON=C1CCN(C2CC2)c2cc(F)c(F)cc21. The molecule has 0 amide bonds. The van der Waals surface area contributed by atoms with Gasteiger partial charge in [-0.25, -0.2) is 8.78 Å². The fraction of sp³-hybridized carbons (Fsp3) is 0.417. The van der Waals surface area contributed by atoms with Gasteiger partial charge in [0.25, 0.3) is 0 Å². The Kier molecular flexibility index (Phi) is 2.28. The van der Waals surface area contributed by atoms with Crippen molar-refractivity contribution >= 4 is 11.4 Å². The van der Waals surface area contributed by atoms with Crippen LogP contribution in [0.3, 0.4) is 0 Å². The lowest BCUT2D eigenvalue weighted by molar-refractivity contribution is 0.317. The number of anilines is 1. The predicted octanol–water partition coefficient (Wildman–Crippen LogP) is 2.52. The van der Waals surface area contributed by atoms with E-state index < -0.39 is 11.6 Å². The largest absolute Gasteiger partial charge is 0.411 e. The number of nitrogens with zero attached hydrogens (tertiary/aromatic N) is 2. The average molecular weight is 238 g/mol. The molecule has 1 saturated carbocycles. The number of hydrogen-bond acceptors (Lipinski definition) is 3. The molecule has 0 unspecified atom stereocenters. The molecule has 1 heterocycles. The molecule has 0 radical (unpaired) electrons. The molecule has 17 heavy (non-hydrogen) atoms. The van der Waals surface area contributed by atoms with Crippen molar-refractivity contribution in [3.05, 3.63) is 29.3 Å². The Balaban J connectivity index is 2.13. The van der Waals surface area contributed by atoms with Crippen LogP contribution in [0.5, 0.6) is 0 Å². The maximum absolute atomic E-state index is 13.3. The predicted molar refractivity (Wildman–Crippen MR) is 59.7 cm³/mol. The number of hydrogen-bond donors (Lipinski definition) is 1. The van der Waals surface area contributed by atoms with Crippen LogP contribution in [-0.2, 0) is 0 Å². The molecule has 3 rings (SSSR count). The Morgan fingerprint density at radius 2 is 1.94 bits per heavy atom. The zero-order valence-electron chi connectivity index (χ0n) is 9.16. The van der Waals surface area contributed by atoms with E-state index in [1.54, 1.807) is 0 Å². The van der Waals surface area contributed by atoms with E-state index in [-0.39, 0.29) is 0 Å². The third kappa shape index (κ3) is 1.66. The molecule has 1 aromatic carbocycles. The summed E-state index contributed by atoms with van der Waals surface area (Å²) in [4.78, 5) is 2.08. The molecular weight excluding hydrogens is 226 g/mol. The monoisotopic (exact) mass is 238 g/mol. The van der Waals surface area contributed by atoms with E-state index in [9.17, 15) is 8.78 Å². The first-order chi connectivity index (χ1) is 8.20. The van der Waals surface area contributed by atoms with E-state index in [2.05, 4.69) is 10.1 Å². The van der Waals surface area contributed by atoms with Gasteiger partial charge >= 0.3 is 0 Å². The summed E-state index contributed by atoms with van der Waals surface area (Å²) in [5.41, 5.74) is 1.57. The van der Waals surface area contributed by atoms with Gasteiger partial charge in [0.1, 0.15) is 0 Å². The van der Waals surface area contributed by atoms with Crippen molar-refractivity contribution in [3.63, 3.8) is 0 Å². The summed E-state index contributed by atoms with van der Waals surface area (Å²) >= 11 is 0. The first-order valence-corrected chi connectivity index (χ1v) is 5.67. The summed E-state index contributed by atoms with van der Waals surface area (Å²) in [6.07, 6.45) is 2.74. The molecule has 1 aromatic rings. The summed E-state index contributed by atoms with van der Waals surface area (Å²) in [5.74, 6) is -1.75. The van der Waals surface area contributed by atoms with Crippen molar-refractivity contribution in [3.8, 4) is 0 Å². The van der Waals surface area contributed by atoms with Crippen LogP contribution in [0.1, 0.15) is 24.8 Å². The van der Waals surface area contributed by atoms with Gasteiger partial charge in [-0.2, -0.15) is 0 Å². The fourth-order valence-electron chi connectivity index (χ4n) is 2.36. The van der Waals surface area contributed by atoms with Gasteiger partial charge in [-0.15, -0.1) is 0 Å². The lowest BCUT2D eigenvalue weighted by atomic mass is 9.99. The van der Waals surface area contributed by atoms with Crippen LogP contribution < -0.4 is 4.90 Å². The maximum atomic E-state index is 13.3. The average Bonchev–Trinajstić information content (AvgIpc) is 3.13. The molecular formula is C12H12F2N2O. The standard InChI is InChI=1S/C12H12F2N2O/c13-9-5-8-11(15-17)3-4-16(7-1-2-7)12(8)6-10(9)14/h5-7,17H,1-4H2. The molecule has 5 heteroatoms. The van der Waals surface area contributed by atoms with Crippen molar-refractivity contribution in [2.24, 2.45) is 5.16 Å². The summed E-state index contributed by atoms with van der Waals surface area (Å²) < 4.78 is 26.5. The molecule has 1 fully saturated rings. The van der Waals surface area contributed by atoms with Crippen molar-refractivity contribution in [2.45, 2.75) is 25.3 Å². The molecule has 1 aliphatic heterocycles. The van der Waals surface area contributed by atoms with Crippen LogP contribution in [-0.4, -0.2) is 23.5 Å². The molecule has 1 N–H and O–H groups in total. The Morgan fingerprint density at radius 3 is 2.59 bits per heavy atom. The highest BCUT2D eigenvalue weighted by Crippen LogP contribution is 2.37. The summed E-state index contributed by atoms with van der Waals surface area (Å²) in [6, 6.07) is 2.75. The Bertz CT molecular complexity index is 498. The van der Waals surface area contributed by atoms with E-state index in [0.29, 0.717) is 36.0 Å². The maximum Gasteiger partial charge on any atom is 0.160 e. The van der Waals surface area contributed by atoms with Gasteiger partial charge in [-0.05, 0) is 18.9 Å². The number of benzene rings is 1. The lowest BCUT2D eigenvalue weighted by Crippen LogP contribution is -2.34. The lowest BCUT2D eigenvalue weighted by Gasteiger charge is -2.31. The third-order valence-corrected chi connectivity index (χ3v) is 3.36. The van der Waals surface area contributed by atoms with Crippen LogP contribution in [0, 0.1) is 11.6 Å². The minimum Gasteiger partial charge on any atom is -0.411 e. The molecule has 1 aliphatic carbocycles. The highest BCUT2D eigenvalue weighted by molar-refractivity contribution is 6.06. The summed E-state index contributed by atoms with van der Waals surface area (Å²) in [7, 11) is 0. The molecule has 0 atom stereocenters. The zero-order valence-corrected chi connectivity index (χ0v) is 9.16. The zero-order chi connectivity index (χ0) is 12.0. The van der Waals surface area contributed by atoms with Gasteiger partial charge in [0, 0.05) is 36.3 Å². The molecule has 0 aromatic heterocycles. The second-order valence-corrected chi connectivity index (χ2v) is 4.50. The minimum atomic E-state index is -0.900. The van der Waals surface area contributed by atoms with E-state index >= 15 is 0 Å². The van der Waals surface area contributed by atoms with Gasteiger partial charge in [-0.1, -0.05) is 5.16 Å². The molecule has 0 bridgehead atoms. The summed E-state index contributed by atoms with van der Waals surface area (Å²) in [6.45, 7) is 0.697. The van der Waals surface area contributed by atoms with Gasteiger partial charge in [0.15, 0.2) is 11.6 Å². The van der Waals surface area contributed by atoms with Crippen molar-refractivity contribution in [2.75, 3.05) is 11.4 Å². The molecule has 0 spiro atoms. The number of halogens is 2.